The van der Waals surface area contributed by atoms with E-state index in [0.29, 0.717) is 6.04 Å². The highest BCUT2D eigenvalue weighted by Gasteiger charge is 2.35. The van der Waals surface area contributed by atoms with Crippen LogP contribution in [0, 0.1) is 0 Å². The quantitative estimate of drug-likeness (QED) is 0.894. The third kappa shape index (κ3) is 3.02. The van der Waals surface area contributed by atoms with Gasteiger partial charge in [-0.05, 0) is 89.2 Å². The summed E-state index contributed by atoms with van der Waals surface area (Å²) >= 11 is 0. The first-order valence-electron chi connectivity index (χ1n) is 8.64. The molecule has 1 saturated heterocycles. The monoisotopic (exact) mass is 286 g/mol. The van der Waals surface area contributed by atoms with E-state index < -0.39 is 0 Å². The van der Waals surface area contributed by atoms with Crippen LogP contribution >= 0.6 is 0 Å². The van der Waals surface area contributed by atoms with E-state index >= 15 is 0 Å². The molecule has 1 aliphatic carbocycles. The minimum atomic E-state index is 0.226. The van der Waals surface area contributed by atoms with Crippen LogP contribution in [0.4, 0.5) is 0 Å². The van der Waals surface area contributed by atoms with Gasteiger partial charge in [0.1, 0.15) is 0 Å². The lowest BCUT2D eigenvalue weighted by Gasteiger charge is -2.42. The maximum Gasteiger partial charge on any atom is 0.0309 e. The van der Waals surface area contributed by atoms with E-state index in [0.717, 1.165) is 6.42 Å². The van der Waals surface area contributed by atoms with Gasteiger partial charge in [0.15, 0.2) is 0 Å². The molecular weight excluding hydrogens is 256 g/mol. The Morgan fingerprint density at radius 1 is 1.10 bits per heavy atom. The number of nitrogens with zero attached hydrogens (tertiary/aromatic N) is 1. The summed E-state index contributed by atoms with van der Waals surface area (Å²) in [5.41, 5.74) is 4.91. The smallest absolute Gasteiger partial charge is 0.0309 e. The van der Waals surface area contributed by atoms with Crippen molar-refractivity contribution in [2.45, 2.75) is 64.0 Å². The van der Waals surface area contributed by atoms with Gasteiger partial charge in [-0.25, -0.2) is 0 Å². The molecule has 1 heterocycles. The summed E-state index contributed by atoms with van der Waals surface area (Å²) in [6, 6.07) is 7.70. The largest absolute Gasteiger partial charge is 0.315 e. The molecule has 1 atom stereocenters. The van der Waals surface area contributed by atoms with E-state index in [1.807, 2.05) is 0 Å². The standard InChI is InChI=1S/C19H30N2/c1-19(2,21-11-4-5-12-21)18(20-3)14-15-9-10-16-7-6-8-17(16)13-15/h9-10,13,18,20H,4-8,11-12,14H2,1-3H3. The molecule has 2 aliphatic rings. The Labute approximate surface area is 129 Å². The van der Waals surface area contributed by atoms with E-state index in [1.54, 1.807) is 11.1 Å². The Bertz CT molecular complexity index is 486. The van der Waals surface area contributed by atoms with Crippen LogP contribution in [-0.2, 0) is 19.3 Å². The third-order valence-electron chi connectivity index (χ3n) is 5.73. The topological polar surface area (TPSA) is 15.3 Å². The molecule has 21 heavy (non-hydrogen) atoms. The van der Waals surface area contributed by atoms with Gasteiger partial charge in [0.05, 0.1) is 0 Å². The van der Waals surface area contributed by atoms with E-state index in [9.17, 15) is 0 Å². The van der Waals surface area contributed by atoms with E-state index in [1.165, 1.54) is 50.8 Å². The summed E-state index contributed by atoms with van der Waals surface area (Å²) in [5, 5.41) is 3.59. The van der Waals surface area contributed by atoms with Gasteiger partial charge < -0.3 is 5.32 Å². The van der Waals surface area contributed by atoms with Gasteiger partial charge in [-0.3, -0.25) is 4.90 Å². The number of benzene rings is 1. The van der Waals surface area contributed by atoms with E-state index in [2.05, 4.69) is 49.3 Å². The summed E-state index contributed by atoms with van der Waals surface area (Å²) < 4.78 is 0. The lowest BCUT2D eigenvalue weighted by atomic mass is 9.87. The fourth-order valence-corrected chi connectivity index (χ4v) is 4.21. The molecule has 1 N–H and O–H groups in total. The van der Waals surface area contributed by atoms with Crippen LogP contribution in [0.3, 0.4) is 0 Å². The van der Waals surface area contributed by atoms with Crippen molar-refractivity contribution >= 4 is 0 Å². The van der Waals surface area contributed by atoms with Gasteiger partial charge in [-0.15, -0.1) is 0 Å². The predicted octanol–water partition coefficient (Wildman–Crippen LogP) is 3.18. The second-order valence-corrected chi connectivity index (χ2v) is 7.35. The van der Waals surface area contributed by atoms with Gasteiger partial charge in [-0.1, -0.05) is 18.2 Å². The highest BCUT2D eigenvalue weighted by Crippen LogP contribution is 2.28. The van der Waals surface area contributed by atoms with Crippen LogP contribution < -0.4 is 5.32 Å². The van der Waals surface area contributed by atoms with Crippen molar-refractivity contribution in [2.24, 2.45) is 0 Å². The molecule has 0 bridgehead atoms. The first kappa shape index (κ1) is 15.1. The fraction of sp³-hybridized carbons (Fsp3) is 0.684. The molecule has 0 radical (unpaired) electrons. The zero-order chi connectivity index (χ0) is 14.9. The van der Waals surface area contributed by atoms with Crippen LogP contribution in [0.15, 0.2) is 18.2 Å². The lowest BCUT2D eigenvalue weighted by Crippen LogP contribution is -2.57. The molecule has 3 rings (SSSR count). The molecular formula is C19H30N2. The maximum atomic E-state index is 3.59. The van der Waals surface area contributed by atoms with Crippen LogP contribution in [0.5, 0.6) is 0 Å². The maximum absolute atomic E-state index is 3.59. The Balaban J connectivity index is 1.74. The van der Waals surface area contributed by atoms with Gasteiger partial charge in [0, 0.05) is 11.6 Å². The van der Waals surface area contributed by atoms with Gasteiger partial charge >= 0.3 is 0 Å². The molecule has 1 fully saturated rings. The normalized spacial score (nSPS) is 20.7. The lowest BCUT2D eigenvalue weighted by molar-refractivity contribution is 0.110. The van der Waals surface area contributed by atoms with Crippen LogP contribution in [0.1, 0.15) is 49.8 Å². The van der Waals surface area contributed by atoms with Gasteiger partial charge in [0.2, 0.25) is 0 Å². The van der Waals surface area contributed by atoms with Crippen LogP contribution in [0.2, 0.25) is 0 Å². The van der Waals surface area contributed by atoms with Crippen molar-refractivity contribution in [3.8, 4) is 0 Å². The molecule has 116 valence electrons. The van der Waals surface area contributed by atoms with Crippen molar-refractivity contribution < 1.29 is 0 Å². The fourth-order valence-electron chi connectivity index (χ4n) is 4.21. The molecule has 1 aromatic carbocycles. The third-order valence-corrected chi connectivity index (χ3v) is 5.73. The Hall–Kier alpha value is -0.860. The molecule has 2 nitrogen and oxygen atoms in total. The average molecular weight is 286 g/mol. The highest BCUT2D eigenvalue weighted by molar-refractivity contribution is 5.35. The second-order valence-electron chi connectivity index (χ2n) is 7.35. The number of likely N-dealkylation sites (tertiary alicyclic amines) is 1. The highest BCUT2D eigenvalue weighted by atomic mass is 15.2. The zero-order valence-corrected chi connectivity index (χ0v) is 13.9. The van der Waals surface area contributed by atoms with Crippen molar-refractivity contribution in [3.63, 3.8) is 0 Å². The summed E-state index contributed by atoms with van der Waals surface area (Å²) in [7, 11) is 2.12. The molecule has 1 aliphatic heterocycles. The van der Waals surface area contributed by atoms with E-state index in [4.69, 9.17) is 0 Å². The number of hydrogen-bond acceptors (Lipinski definition) is 2. The van der Waals surface area contributed by atoms with Gasteiger partial charge in [-0.2, -0.15) is 0 Å². The number of likely N-dealkylation sites (N-methyl/N-ethyl adjacent to an activating group) is 1. The SMILES string of the molecule is CNC(Cc1ccc2c(c1)CCC2)C(C)(C)N1CCCC1. The van der Waals surface area contributed by atoms with Crippen LogP contribution in [0.25, 0.3) is 0 Å². The number of hydrogen-bond donors (Lipinski definition) is 1. The van der Waals surface area contributed by atoms with Crippen molar-refractivity contribution in [1.82, 2.24) is 10.2 Å². The van der Waals surface area contributed by atoms with Crippen molar-refractivity contribution in [3.05, 3.63) is 34.9 Å². The Kier molecular flexibility index (Phi) is 4.37. The molecule has 0 spiro atoms. The molecule has 0 amide bonds. The number of aryl methyl sites for hydroxylation is 2. The Morgan fingerprint density at radius 3 is 2.52 bits per heavy atom. The van der Waals surface area contributed by atoms with Crippen LogP contribution in [-0.4, -0.2) is 36.6 Å². The molecule has 1 aromatic rings. The second kappa shape index (κ2) is 6.10. The molecule has 0 saturated carbocycles. The van der Waals surface area contributed by atoms with E-state index in [-0.39, 0.29) is 5.54 Å². The summed E-state index contributed by atoms with van der Waals surface area (Å²) in [6.07, 6.45) is 7.76. The molecule has 1 unspecified atom stereocenters. The molecule has 0 aromatic heterocycles. The Morgan fingerprint density at radius 2 is 1.81 bits per heavy atom. The van der Waals surface area contributed by atoms with Gasteiger partial charge in [0.25, 0.3) is 0 Å². The number of rotatable bonds is 5. The van der Waals surface area contributed by atoms with Crippen molar-refractivity contribution in [2.75, 3.05) is 20.1 Å². The average Bonchev–Trinajstić information content (AvgIpc) is 3.14. The number of nitrogens with one attached hydrogen (secondary N) is 1. The zero-order valence-electron chi connectivity index (χ0n) is 13.9. The summed E-state index contributed by atoms with van der Waals surface area (Å²) in [4.78, 5) is 2.67. The summed E-state index contributed by atoms with van der Waals surface area (Å²) in [5.74, 6) is 0. The van der Waals surface area contributed by atoms with Crippen molar-refractivity contribution in [1.29, 1.82) is 0 Å². The first-order valence-corrected chi connectivity index (χ1v) is 8.64. The minimum Gasteiger partial charge on any atom is -0.315 e. The molecule has 2 heteroatoms. The predicted molar refractivity (Wildman–Crippen MR) is 89.9 cm³/mol. The minimum absolute atomic E-state index is 0.226. The summed E-state index contributed by atoms with van der Waals surface area (Å²) in [6.45, 7) is 7.34. The number of fused-ring (bicyclic) bond motifs is 1. The first-order chi connectivity index (χ1) is 10.1.